The highest BCUT2D eigenvalue weighted by Crippen LogP contribution is 2.58. The molecule has 0 unspecified atom stereocenters. The van der Waals surface area contributed by atoms with E-state index in [2.05, 4.69) is 10.2 Å². The van der Waals surface area contributed by atoms with E-state index in [1.807, 2.05) is 30.3 Å². The van der Waals surface area contributed by atoms with Gasteiger partial charge < -0.3 is 10.1 Å². The lowest BCUT2D eigenvalue weighted by molar-refractivity contribution is -0.534. The SMILES string of the molecule is O=C1Nc2ccccc2[C@]12[C@H]([N+](=O)[O-])[C@@H](c1ccc(OCc3ccccc3F)cc1)[C@@H]1CCCN12. The second-order valence-corrected chi connectivity index (χ2v) is 9.37. The Labute approximate surface area is 201 Å². The fourth-order valence-corrected chi connectivity index (χ4v) is 6.34. The molecule has 3 heterocycles. The van der Waals surface area contributed by atoms with Crippen LogP contribution < -0.4 is 10.1 Å². The van der Waals surface area contributed by atoms with Gasteiger partial charge in [0.1, 0.15) is 18.2 Å². The number of benzene rings is 3. The van der Waals surface area contributed by atoms with Gasteiger partial charge in [-0.15, -0.1) is 0 Å². The summed E-state index contributed by atoms with van der Waals surface area (Å²) >= 11 is 0. The lowest BCUT2D eigenvalue weighted by Crippen LogP contribution is -2.55. The summed E-state index contributed by atoms with van der Waals surface area (Å²) in [6, 6.07) is 19.7. The van der Waals surface area contributed by atoms with Gasteiger partial charge in [-0.05, 0) is 42.7 Å². The number of anilines is 1. The minimum absolute atomic E-state index is 0.0867. The van der Waals surface area contributed by atoms with Crippen LogP contribution in [0.3, 0.4) is 0 Å². The second kappa shape index (κ2) is 8.16. The van der Waals surface area contributed by atoms with E-state index >= 15 is 0 Å². The van der Waals surface area contributed by atoms with E-state index < -0.39 is 17.5 Å². The molecule has 2 fully saturated rings. The Hall–Kier alpha value is -3.78. The third kappa shape index (κ3) is 3.16. The van der Waals surface area contributed by atoms with E-state index in [1.54, 1.807) is 36.4 Å². The molecule has 0 radical (unpaired) electrons. The normalized spacial score (nSPS) is 27.0. The van der Waals surface area contributed by atoms with Crippen molar-refractivity contribution in [1.29, 1.82) is 0 Å². The molecule has 0 bridgehead atoms. The minimum atomic E-state index is -1.33. The van der Waals surface area contributed by atoms with Gasteiger partial charge in [0, 0.05) is 34.3 Å². The van der Waals surface area contributed by atoms with E-state index in [1.165, 1.54) is 6.07 Å². The van der Waals surface area contributed by atoms with Crippen LogP contribution in [0.15, 0.2) is 72.8 Å². The van der Waals surface area contributed by atoms with Crippen LogP contribution in [0.2, 0.25) is 0 Å². The number of nitro groups is 1. The molecule has 6 rings (SSSR count). The predicted molar refractivity (Wildman–Crippen MR) is 127 cm³/mol. The first kappa shape index (κ1) is 21.7. The van der Waals surface area contributed by atoms with E-state index in [0.717, 1.165) is 18.4 Å². The van der Waals surface area contributed by atoms with Crippen molar-refractivity contribution in [2.24, 2.45) is 0 Å². The quantitative estimate of drug-likeness (QED) is 0.437. The van der Waals surface area contributed by atoms with Crippen molar-refractivity contribution in [3.63, 3.8) is 0 Å². The average Bonchev–Trinajstić information content (AvgIpc) is 3.52. The Balaban J connectivity index is 1.35. The van der Waals surface area contributed by atoms with E-state index in [-0.39, 0.29) is 29.3 Å². The molecule has 0 aliphatic carbocycles. The first-order chi connectivity index (χ1) is 17.0. The number of amides is 1. The van der Waals surface area contributed by atoms with Crippen molar-refractivity contribution in [3.8, 4) is 5.75 Å². The molecule has 0 aromatic heterocycles. The Morgan fingerprint density at radius 3 is 2.60 bits per heavy atom. The number of fused-ring (bicyclic) bond motifs is 4. The maximum atomic E-state index is 13.9. The first-order valence-corrected chi connectivity index (χ1v) is 11.8. The van der Waals surface area contributed by atoms with Crippen LogP contribution in [0.4, 0.5) is 10.1 Å². The standard InChI is InChI=1S/C27H24FN3O4/c28-21-8-3-1-6-18(21)16-35-19-13-11-17(12-14-19)24-23-10-5-15-30(23)27(25(24)31(33)34)20-7-2-4-9-22(20)29-26(27)32/h1-4,6-9,11-14,23-25H,5,10,15-16H2,(H,29,32)/t23-,24-,25+,27-/m0/s1. The Morgan fingerprint density at radius 2 is 1.83 bits per heavy atom. The summed E-state index contributed by atoms with van der Waals surface area (Å²) in [4.78, 5) is 27.9. The number of nitrogens with zero attached hydrogens (tertiary/aromatic N) is 2. The van der Waals surface area contributed by atoms with E-state index in [4.69, 9.17) is 4.74 Å². The molecule has 0 saturated carbocycles. The number of ether oxygens (including phenoxy) is 1. The zero-order valence-electron chi connectivity index (χ0n) is 18.9. The molecule has 4 atom stereocenters. The van der Waals surface area contributed by atoms with Gasteiger partial charge in [-0.25, -0.2) is 4.39 Å². The third-order valence-corrected chi connectivity index (χ3v) is 7.71. The summed E-state index contributed by atoms with van der Waals surface area (Å²) in [5.74, 6) is -0.551. The van der Waals surface area contributed by atoms with Crippen molar-refractivity contribution < 1.29 is 18.8 Å². The highest BCUT2D eigenvalue weighted by molar-refractivity contribution is 6.07. The second-order valence-electron chi connectivity index (χ2n) is 9.37. The molecule has 1 N–H and O–H groups in total. The van der Waals surface area contributed by atoms with Gasteiger partial charge in [0.15, 0.2) is 5.54 Å². The largest absolute Gasteiger partial charge is 0.489 e. The summed E-state index contributed by atoms with van der Waals surface area (Å²) in [7, 11) is 0. The molecule has 3 aliphatic heterocycles. The molecule has 3 aromatic carbocycles. The number of carbonyl (C=O) groups is 1. The monoisotopic (exact) mass is 473 g/mol. The minimum Gasteiger partial charge on any atom is -0.489 e. The molecule has 3 aromatic rings. The van der Waals surface area contributed by atoms with Crippen molar-refractivity contribution >= 4 is 11.6 Å². The smallest absolute Gasteiger partial charge is 0.256 e. The number of hydrogen-bond acceptors (Lipinski definition) is 5. The lowest BCUT2D eigenvalue weighted by Gasteiger charge is -2.32. The molecular weight excluding hydrogens is 449 g/mol. The Bertz CT molecular complexity index is 1310. The number of carbonyl (C=O) groups excluding carboxylic acids is 1. The maximum absolute atomic E-state index is 13.9. The fraction of sp³-hybridized carbons (Fsp3) is 0.296. The molecule has 35 heavy (non-hydrogen) atoms. The van der Waals surface area contributed by atoms with Crippen molar-refractivity contribution in [2.45, 2.75) is 43.0 Å². The van der Waals surface area contributed by atoms with Gasteiger partial charge in [-0.1, -0.05) is 48.5 Å². The molecule has 2 saturated heterocycles. The van der Waals surface area contributed by atoms with Crippen LogP contribution in [0, 0.1) is 15.9 Å². The van der Waals surface area contributed by atoms with Gasteiger partial charge in [-0.3, -0.25) is 19.8 Å². The number of rotatable bonds is 5. The third-order valence-electron chi connectivity index (χ3n) is 7.71. The molecular formula is C27H24FN3O4. The molecule has 7 nitrogen and oxygen atoms in total. The summed E-state index contributed by atoms with van der Waals surface area (Å²) < 4.78 is 19.7. The zero-order valence-corrected chi connectivity index (χ0v) is 18.9. The van der Waals surface area contributed by atoms with Crippen molar-refractivity contribution in [1.82, 2.24) is 4.90 Å². The van der Waals surface area contributed by atoms with Crippen LogP contribution in [-0.2, 0) is 16.9 Å². The summed E-state index contributed by atoms with van der Waals surface area (Å²) in [6.07, 6.45) is 1.67. The van der Waals surface area contributed by atoms with Gasteiger partial charge in [0.05, 0.1) is 5.92 Å². The fourth-order valence-electron chi connectivity index (χ4n) is 6.34. The van der Waals surface area contributed by atoms with E-state index in [0.29, 0.717) is 29.1 Å². The zero-order chi connectivity index (χ0) is 24.2. The summed E-state index contributed by atoms with van der Waals surface area (Å²) in [6.45, 7) is 0.723. The average molecular weight is 474 g/mol. The van der Waals surface area contributed by atoms with Crippen LogP contribution in [0.5, 0.6) is 5.75 Å². The van der Waals surface area contributed by atoms with Gasteiger partial charge in [0.2, 0.25) is 0 Å². The van der Waals surface area contributed by atoms with Gasteiger partial charge in [0.25, 0.3) is 11.9 Å². The summed E-state index contributed by atoms with van der Waals surface area (Å²) in [5.41, 5.74) is 1.26. The number of nitrogens with one attached hydrogen (secondary N) is 1. The van der Waals surface area contributed by atoms with Crippen LogP contribution in [0.25, 0.3) is 0 Å². The Morgan fingerprint density at radius 1 is 1.09 bits per heavy atom. The molecule has 8 heteroatoms. The molecule has 1 amide bonds. The van der Waals surface area contributed by atoms with Gasteiger partial charge in [-0.2, -0.15) is 0 Å². The molecule has 1 spiro atoms. The topological polar surface area (TPSA) is 84.7 Å². The number of hydrogen-bond donors (Lipinski definition) is 1. The van der Waals surface area contributed by atoms with Crippen LogP contribution in [-0.4, -0.2) is 34.4 Å². The maximum Gasteiger partial charge on any atom is 0.256 e. The number of para-hydroxylation sites is 1. The number of halogens is 1. The summed E-state index contributed by atoms with van der Waals surface area (Å²) in [5, 5.41) is 15.5. The highest BCUT2D eigenvalue weighted by atomic mass is 19.1. The van der Waals surface area contributed by atoms with Gasteiger partial charge >= 0.3 is 0 Å². The van der Waals surface area contributed by atoms with Crippen LogP contribution in [0.1, 0.15) is 35.4 Å². The van der Waals surface area contributed by atoms with Crippen molar-refractivity contribution in [2.75, 3.05) is 11.9 Å². The molecule has 3 aliphatic rings. The first-order valence-electron chi connectivity index (χ1n) is 11.8. The van der Waals surface area contributed by atoms with Crippen molar-refractivity contribution in [3.05, 3.63) is 105 Å². The highest BCUT2D eigenvalue weighted by Gasteiger charge is 2.73. The van der Waals surface area contributed by atoms with E-state index in [9.17, 15) is 19.3 Å². The van der Waals surface area contributed by atoms with Crippen LogP contribution >= 0.6 is 0 Å². The lowest BCUT2D eigenvalue weighted by atomic mass is 9.77. The predicted octanol–water partition coefficient (Wildman–Crippen LogP) is 4.46. The Kier molecular flexibility index (Phi) is 5.07. The molecule has 178 valence electrons.